The minimum absolute atomic E-state index is 0.164. The molecule has 1 aliphatic rings. The Balaban J connectivity index is 2.16. The van der Waals surface area contributed by atoms with Crippen LogP contribution in [-0.4, -0.2) is 13.1 Å². The van der Waals surface area contributed by atoms with Gasteiger partial charge in [0.15, 0.2) is 0 Å². The molecule has 1 saturated carbocycles. The van der Waals surface area contributed by atoms with Crippen LogP contribution < -0.4 is 0 Å². The molecule has 0 radical (unpaired) electrons. The Labute approximate surface area is 107 Å². The van der Waals surface area contributed by atoms with Gasteiger partial charge in [-0.3, -0.25) is 4.79 Å². The standard InChI is InChI=1S/C13H11BrO3/c1-16-12(15)13(4-5-13)10-7-17-11-6-8(14)2-3-9(10)11/h2-3,6-7H,4-5H2,1H3. The molecule has 1 heterocycles. The molecule has 1 aliphatic carbocycles. The number of ether oxygens (including phenoxy) is 1. The molecule has 0 atom stereocenters. The molecule has 3 rings (SSSR count). The summed E-state index contributed by atoms with van der Waals surface area (Å²) in [7, 11) is 1.43. The zero-order valence-corrected chi connectivity index (χ0v) is 10.9. The second kappa shape index (κ2) is 3.60. The molecule has 0 saturated heterocycles. The summed E-state index contributed by atoms with van der Waals surface area (Å²) in [5.74, 6) is -0.164. The van der Waals surface area contributed by atoms with E-state index in [1.54, 1.807) is 6.26 Å². The van der Waals surface area contributed by atoms with Crippen molar-refractivity contribution in [1.82, 2.24) is 0 Å². The summed E-state index contributed by atoms with van der Waals surface area (Å²) in [4.78, 5) is 11.8. The number of furan rings is 1. The summed E-state index contributed by atoms with van der Waals surface area (Å²) in [6.07, 6.45) is 3.36. The Kier molecular flexibility index (Phi) is 2.30. The number of fused-ring (bicyclic) bond motifs is 1. The molecular weight excluding hydrogens is 284 g/mol. The van der Waals surface area contributed by atoms with Gasteiger partial charge in [-0.05, 0) is 31.0 Å². The van der Waals surface area contributed by atoms with Gasteiger partial charge >= 0.3 is 5.97 Å². The largest absolute Gasteiger partial charge is 0.468 e. The molecule has 1 aromatic carbocycles. The maximum absolute atomic E-state index is 11.8. The number of carbonyl (C=O) groups is 1. The Bertz CT molecular complexity index is 596. The number of hydrogen-bond donors (Lipinski definition) is 0. The van der Waals surface area contributed by atoms with Gasteiger partial charge in [0.2, 0.25) is 0 Å². The normalized spacial score (nSPS) is 17.1. The van der Waals surface area contributed by atoms with Crippen LogP contribution in [0.2, 0.25) is 0 Å². The van der Waals surface area contributed by atoms with Crippen LogP contribution in [0.1, 0.15) is 18.4 Å². The van der Waals surface area contributed by atoms with E-state index in [1.807, 2.05) is 18.2 Å². The highest BCUT2D eigenvalue weighted by molar-refractivity contribution is 9.10. The van der Waals surface area contributed by atoms with E-state index in [9.17, 15) is 4.79 Å². The molecule has 3 nitrogen and oxygen atoms in total. The Morgan fingerprint density at radius 3 is 2.88 bits per heavy atom. The van der Waals surface area contributed by atoms with Gasteiger partial charge in [0.05, 0.1) is 18.8 Å². The summed E-state index contributed by atoms with van der Waals surface area (Å²) >= 11 is 3.40. The fourth-order valence-corrected chi connectivity index (χ4v) is 2.62. The van der Waals surface area contributed by atoms with Gasteiger partial charge in [0, 0.05) is 15.4 Å². The molecule has 4 heteroatoms. The summed E-state index contributed by atoms with van der Waals surface area (Å²) in [6.45, 7) is 0. The lowest BCUT2D eigenvalue weighted by molar-refractivity contribution is -0.143. The first-order valence-electron chi connectivity index (χ1n) is 5.43. The number of esters is 1. The highest BCUT2D eigenvalue weighted by atomic mass is 79.9. The number of halogens is 1. The van der Waals surface area contributed by atoms with Crippen molar-refractivity contribution in [1.29, 1.82) is 0 Å². The number of rotatable bonds is 2. The SMILES string of the molecule is COC(=O)C1(c2coc3cc(Br)ccc23)CC1. The van der Waals surface area contributed by atoms with Gasteiger partial charge < -0.3 is 9.15 Å². The van der Waals surface area contributed by atoms with Gasteiger partial charge in [-0.1, -0.05) is 15.9 Å². The molecule has 88 valence electrons. The van der Waals surface area contributed by atoms with E-state index in [1.165, 1.54) is 7.11 Å². The molecule has 0 amide bonds. The van der Waals surface area contributed by atoms with Crippen molar-refractivity contribution in [2.24, 2.45) is 0 Å². The van der Waals surface area contributed by atoms with Crippen molar-refractivity contribution in [3.05, 3.63) is 34.5 Å². The van der Waals surface area contributed by atoms with E-state index < -0.39 is 5.41 Å². The first kappa shape index (κ1) is 10.8. The molecule has 0 N–H and O–H groups in total. The molecule has 0 unspecified atom stereocenters. The predicted molar refractivity (Wildman–Crippen MR) is 66.8 cm³/mol. The average molecular weight is 295 g/mol. The Hall–Kier alpha value is -1.29. The summed E-state index contributed by atoms with van der Waals surface area (Å²) in [5, 5.41) is 0.996. The van der Waals surface area contributed by atoms with E-state index >= 15 is 0 Å². The van der Waals surface area contributed by atoms with Gasteiger partial charge in [-0.25, -0.2) is 0 Å². The molecular formula is C13H11BrO3. The molecule has 0 spiro atoms. The van der Waals surface area contributed by atoms with Crippen molar-refractivity contribution < 1.29 is 13.9 Å². The number of hydrogen-bond acceptors (Lipinski definition) is 3. The third kappa shape index (κ3) is 1.51. The fourth-order valence-electron chi connectivity index (χ4n) is 2.28. The lowest BCUT2D eigenvalue weighted by atomic mass is 9.96. The first-order chi connectivity index (χ1) is 8.17. The molecule has 1 fully saturated rings. The van der Waals surface area contributed by atoms with Crippen LogP contribution in [0, 0.1) is 0 Å². The van der Waals surface area contributed by atoms with E-state index in [4.69, 9.17) is 9.15 Å². The monoisotopic (exact) mass is 294 g/mol. The van der Waals surface area contributed by atoms with Crippen molar-refractivity contribution >= 4 is 32.9 Å². The highest BCUT2D eigenvalue weighted by Gasteiger charge is 2.54. The maximum atomic E-state index is 11.8. The third-order valence-electron chi connectivity index (χ3n) is 3.38. The average Bonchev–Trinajstić information content (AvgIpc) is 3.03. The zero-order valence-electron chi connectivity index (χ0n) is 9.33. The van der Waals surface area contributed by atoms with E-state index in [-0.39, 0.29) is 5.97 Å². The fraction of sp³-hybridized carbons (Fsp3) is 0.308. The van der Waals surface area contributed by atoms with Crippen molar-refractivity contribution in [2.75, 3.05) is 7.11 Å². The second-order valence-electron chi connectivity index (χ2n) is 4.36. The van der Waals surface area contributed by atoms with Crippen LogP contribution in [0.5, 0.6) is 0 Å². The summed E-state index contributed by atoms with van der Waals surface area (Å²) in [5.41, 5.74) is 1.28. The molecule has 1 aromatic heterocycles. The van der Waals surface area contributed by atoms with Crippen molar-refractivity contribution in [3.63, 3.8) is 0 Å². The Morgan fingerprint density at radius 2 is 2.24 bits per heavy atom. The maximum Gasteiger partial charge on any atom is 0.316 e. The van der Waals surface area contributed by atoms with Gasteiger partial charge in [-0.15, -0.1) is 0 Å². The highest BCUT2D eigenvalue weighted by Crippen LogP contribution is 2.51. The summed E-state index contributed by atoms with van der Waals surface area (Å²) in [6, 6.07) is 5.84. The van der Waals surface area contributed by atoms with Crippen LogP contribution in [0.3, 0.4) is 0 Å². The number of carbonyl (C=O) groups excluding carboxylic acids is 1. The third-order valence-corrected chi connectivity index (χ3v) is 3.87. The minimum atomic E-state index is -0.464. The molecule has 0 bridgehead atoms. The zero-order chi connectivity index (χ0) is 12.0. The molecule has 2 aromatic rings. The minimum Gasteiger partial charge on any atom is -0.468 e. The second-order valence-corrected chi connectivity index (χ2v) is 5.28. The quantitative estimate of drug-likeness (QED) is 0.797. The van der Waals surface area contributed by atoms with Crippen LogP contribution in [-0.2, 0) is 14.9 Å². The van der Waals surface area contributed by atoms with Crippen LogP contribution in [0.15, 0.2) is 33.4 Å². The predicted octanol–water partition coefficient (Wildman–Crippen LogP) is 3.40. The van der Waals surface area contributed by atoms with Crippen LogP contribution >= 0.6 is 15.9 Å². The first-order valence-corrected chi connectivity index (χ1v) is 6.22. The lowest BCUT2D eigenvalue weighted by Gasteiger charge is -2.10. The van der Waals surface area contributed by atoms with Crippen molar-refractivity contribution in [2.45, 2.75) is 18.3 Å². The lowest BCUT2D eigenvalue weighted by Crippen LogP contribution is -2.21. The van der Waals surface area contributed by atoms with Gasteiger partial charge in [0.25, 0.3) is 0 Å². The van der Waals surface area contributed by atoms with E-state index in [0.717, 1.165) is 33.8 Å². The summed E-state index contributed by atoms with van der Waals surface area (Å²) < 4.78 is 11.4. The van der Waals surface area contributed by atoms with Crippen LogP contribution in [0.4, 0.5) is 0 Å². The molecule has 0 aliphatic heterocycles. The molecule has 17 heavy (non-hydrogen) atoms. The van der Waals surface area contributed by atoms with Gasteiger partial charge in [-0.2, -0.15) is 0 Å². The van der Waals surface area contributed by atoms with E-state index in [0.29, 0.717) is 0 Å². The van der Waals surface area contributed by atoms with Gasteiger partial charge in [0.1, 0.15) is 5.58 Å². The van der Waals surface area contributed by atoms with Crippen LogP contribution in [0.25, 0.3) is 11.0 Å². The number of benzene rings is 1. The Morgan fingerprint density at radius 1 is 1.47 bits per heavy atom. The number of methoxy groups -OCH3 is 1. The van der Waals surface area contributed by atoms with Crippen molar-refractivity contribution in [3.8, 4) is 0 Å². The topological polar surface area (TPSA) is 39.4 Å². The smallest absolute Gasteiger partial charge is 0.316 e. The van der Waals surface area contributed by atoms with E-state index in [2.05, 4.69) is 15.9 Å².